The fourth-order valence-corrected chi connectivity index (χ4v) is 5.42. The van der Waals surface area contributed by atoms with E-state index in [1.807, 2.05) is 19.1 Å². The van der Waals surface area contributed by atoms with Crippen LogP contribution in [-0.4, -0.2) is 22.4 Å². The number of hydrogen-bond donors (Lipinski definition) is 2. The zero-order chi connectivity index (χ0) is 18.2. The third-order valence-corrected chi connectivity index (χ3v) is 9.97. The van der Waals surface area contributed by atoms with Crippen molar-refractivity contribution >= 4 is 48.3 Å². The fraction of sp³-hybridized carbons (Fsp3) is 0.333. The van der Waals surface area contributed by atoms with Gasteiger partial charge in [0.1, 0.15) is 0 Å². The molecule has 0 fully saturated rings. The van der Waals surface area contributed by atoms with E-state index >= 15 is 0 Å². The van der Waals surface area contributed by atoms with Gasteiger partial charge in [-0.15, -0.1) is 22.2 Å². The van der Waals surface area contributed by atoms with Gasteiger partial charge < -0.3 is 10.4 Å². The van der Waals surface area contributed by atoms with Crippen molar-refractivity contribution in [3.8, 4) is 0 Å². The minimum Gasteiger partial charge on any atom is -0.335 e. The predicted octanol–water partition coefficient (Wildman–Crippen LogP) is 3.40. The molecule has 0 saturated heterocycles. The molecule has 0 spiro atoms. The van der Waals surface area contributed by atoms with Gasteiger partial charge in [0.15, 0.2) is 0 Å². The van der Waals surface area contributed by atoms with Crippen LogP contribution in [-0.2, 0) is 0 Å². The Morgan fingerprint density at radius 1 is 1.04 bits per heavy atom. The summed E-state index contributed by atoms with van der Waals surface area (Å²) in [6.07, 6.45) is 0. The standard InChI is InChI=1S/C9H13ClNSi.C9H14ClNSi/c1-3-11-12(10)9-6-4-8(2)5-7-9;1-3-12(10,11)9-6-4-5-8(2)7-9/h4-7,11H,3H2,1-2H3;4-7H,3,11H2,1-2H3. The summed E-state index contributed by atoms with van der Waals surface area (Å²) in [5, 5.41) is 8.37. The first kappa shape index (κ1) is 21.4. The maximum absolute atomic E-state index is 6.23. The van der Waals surface area contributed by atoms with Crippen molar-refractivity contribution in [3.05, 3.63) is 59.7 Å². The Kier molecular flexibility index (Phi) is 9.27. The first-order valence-corrected chi connectivity index (χ1v) is 14.0. The summed E-state index contributed by atoms with van der Waals surface area (Å²) < 4.78 is 0. The Balaban J connectivity index is 0.000000240. The van der Waals surface area contributed by atoms with Crippen molar-refractivity contribution in [2.75, 3.05) is 6.54 Å². The third kappa shape index (κ3) is 7.09. The largest absolute Gasteiger partial charge is 0.335 e. The Morgan fingerprint density at radius 3 is 2.17 bits per heavy atom. The average molecular weight is 399 g/mol. The van der Waals surface area contributed by atoms with Gasteiger partial charge >= 0.3 is 0 Å². The van der Waals surface area contributed by atoms with Gasteiger partial charge in [-0.3, -0.25) is 0 Å². The van der Waals surface area contributed by atoms with Gasteiger partial charge in [-0.05, 0) is 36.8 Å². The van der Waals surface area contributed by atoms with Crippen LogP contribution >= 0.6 is 22.2 Å². The molecule has 0 aromatic heterocycles. The lowest BCUT2D eigenvalue weighted by molar-refractivity contribution is 1.01. The number of hydrogen-bond acceptors (Lipinski definition) is 2. The zero-order valence-corrected chi connectivity index (χ0v) is 18.4. The molecule has 1 atom stereocenters. The predicted molar refractivity (Wildman–Crippen MR) is 113 cm³/mol. The second-order valence-corrected chi connectivity index (χ2v) is 13.5. The Bertz CT molecular complexity index is 619. The molecule has 2 aromatic carbocycles. The van der Waals surface area contributed by atoms with E-state index in [0.717, 1.165) is 17.8 Å². The van der Waals surface area contributed by atoms with Gasteiger partial charge in [0, 0.05) is 0 Å². The molecule has 0 heterocycles. The Hall–Kier alpha value is -0.626. The maximum atomic E-state index is 6.23. The van der Waals surface area contributed by atoms with E-state index < -0.39 is 15.8 Å². The molecule has 2 aromatic rings. The zero-order valence-electron chi connectivity index (χ0n) is 14.9. The Labute approximate surface area is 158 Å². The lowest BCUT2D eigenvalue weighted by atomic mass is 10.2. The van der Waals surface area contributed by atoms with Crippen LogP contribution < -0.4 is 20.8 Å². The monoisotopic (exact) mass is 397 g/mol. The lowest BCUT2D eigenvalue weighted by Gasteiger charge is -2.17. The summed E-state index contributed by atoms with van der Waals surface area (Å²) >= 11 is 12.4. The van der Waals surface area contributed by atoms with E-state index in [1.54, 1.807) is 0 Å². The van der Waals surface area contributed by atoms with Gasteiger partial charge in [0.25, 0.3) is 15.8 Å². The van der Waals surface area contributed by atoms with Crippen molar-refractivity contribution in [2.24, 2.45) is 5.40 Å². The summed E-state index contributed by atoms with van der Waals surface area (Å²) in [4.78, 5) is 3.25. The summed E-state index contributed by atoms with van der Waals surface area (Å²) in [6.45, 7) is 9.19. The molecule has 0 aliphatic carbocycles. The fourth-order valence-electron chi connectivity index (χ4n) is 2.06. The molecule has 0 aliphatic heterocycles. The third-order valence-electron chi connectivity index (χ3n) is 3.65. The summed E-state index contributed by atoms with van der Waals surface area (Å²) in [6, 6.07) is 17.4. The first-order chi connectivity index (χ1) is 11.3. The van der Waals surface area contributed by atoms with Crippen LogP contribution in [0.15, 0.2) is 48.5 Å². The van der Waals surface area contributed by atoms with Gasteiger partial charge in [-0.25, -0.2) is 0 Å². The second kappa shape index (κ2) is 10.4. The average Bonchev–Trinajstić information content (AvgIpc) is 2.56. The molecule has 0 aliphatic rings. The molecular weight excluding hydrogens is 371 g/mol. The van der Waals surface area contributed by atoms with E-state index in [1.165, 1.54) is 16.3 Å². The molecule has 131 valence electrons. The molecule has 0 amide bonds. The number of aryl methyl sites for hydroxylation is 2. The molecule has 0 saturated carbocycles. The smallest absolute Gasteiger partial charge is 0.284 e. The maximum Gasteiger partial charge on any atom is 0.284 e. The molecule has 1 unspecified atom stereocenters. The highest BCUT2D eigenvalue weighted by Gasteiger charge is 2.25. The number of halogens is 2. The van der Waals surface area contributed by atoms with Crippen LogP contribution in [0.4, 0.5) is 0 Å². The van der Waals surface area contributed by atoms with Gasteiger partial charge in [-0.2, -0.15) is 0 Å². The van der Waals surface area contributed by atoms with E-state index in [0.29, 0.717) is 0 Å². The van der Waals surface area contributed by atoms with Gasteiger partial charge in [-0.1, -0.05) is 73.5 Å². The molecule has 2 rings (SSSR count). The number of nitrogens with two attached hydrogens (primary N) is 1. The molecule has 6 heteroatoms. The van der Waals surface area contributed by atoms with Crippen molar-refractivity contribution in [1.82, 2.24) is 4.98 Å². The van der Waals surface area contributed by atoms with Crippen molar-refractivity contribution < 1.29 is 0 Å². The van der Waals surface area contributed by atoms with Crippen LogP contribution in [0, 0.1) is 13.8 Å². The summed E-state index contributed by atoms with van der Waals surface area (Å²) in [5.41, 5.74) is 2.51. The molecule has 24 heavy (non-hydrogen) atoms. The van der Waals surface area contributed by atoms with Crippen molar-refractivity contribution in [1.29, 1.82) is 0 Å². The summed E-state index contributed by atoms with van der Waals surface area (Å²) in [5.74, 6) is 0. The van der Waals surface area contributed by atoms with E-state index in [9.17, 15) is 0 Å². The molecule has 3 N–H and O–H groups in total. The second-order valence-electron chi connectivity index (χ2n) is 5.80. The molecule has 0 bridgehead atoms. The van der Waals surface area contributed by atoms with Gasteiger partial charge in [0.05, 0.1) is 0 Å². The SMILES string of the molecule is CCN[Si](Cl)c1ccc(C)cc1.CC[Si](N)(Cl)c1cccc(C)c1. The molecular formula is C18H27Cl2N2Si2. The highest BCUT2D eigenvalue weighted by Crippen LogP contribution is 2.08. The van der Waals surface area contributed by atoms with E-state index in [2.05, 4.69) is 62.2 Å². The topological polar surface area (TPSA) is 38.0 Å². The Morgan fingerprint density at radius 2 is 1.67 bits per heavy atom. The van der Waals surface area contributed by atoms with Crippen molar-refractivity contribution in [2.45, 2.75) is 33.7 Å². The summed E-state index contributed by atoms with van der Waals surface area (Å²) in [7, 11) is -3.12. The minimum absolute atomic E-state index is 0.873. The number of benzene rings is 2. The molecule has 2 nitrogen and oxygen atoms in total. The quantitative estimate of drug-likeness (QED) is 0.599. The van der Waals surface area contributed by atoms with Crippen molar-refractivity contribution in [3.63, 3.8) is 0 Å². The van der Waals surface area contributed by atoms with Crippen LogP contribution in [0.2, 0.25) is 6.04 Å². The van der Waals surface area contributed by atoms with Crippen LogP contribution in [0.1, 0.15) is 25.0 Å². The number of rotatable bonds is 5. The normalized spacial score (nSPS) is 13.2. The van der Waals surface area contributed by atoms with Crippen LogP contribution in [0.3, 0.4) is 0 Å². The van der Waals surface area contributed by atoms with Crippen LogP contribution in [0.5, 0.6) is 0 Å². The highest BCUT2D eigenvalue weighted by molar-refractivity contribution is 7.25. The number of nitrogens with one attached hydrogen (secondary N) is 1. The minimum atomic E-state index is -2.11. The lowest BCUT2D eigenvalue weighted by Crippen LogP contribution is -2.51. The van der Waals surface area contributed by atoms with Crippen LogP contribution in [0.25, 0.3) is 0 Å². The van der Waals surface area contributed by atoms with E-state index in [4.69, 9.17) is 27.6 Å². The van der Waals surface area contributed by atoms with E-state index in [-0.39, 0.29) is 0 Å². The highest BCUT2D eigenvalue weighted by atomic mass is 35.6. The molecule has 1 radical (unpaired) electrons. The van der Waals surface area contributed by atoms with Gasteiger partial charge in [0.2, 0.25) is 0 Å². The first-order valence-electron chi connectivity index (χ1n) is 8.18.